The number of alkyl halides is 3. The number of benzene rings is 1. The van der Waals surface area contributed by atoms with Gasteiger partial charge >= 0.3 is 12.1 Å². The second-order valence-electron chi connectivity index (χ2n) is 9.35. The number of aliphatic carboxylic acids is 1. The lowest BCUT2D eigenvalue weighted by Gasteiger charge is -2.34. The van der Waals surface area contributed by atoms with Gasteiger partial charge in [0.05, 0.1) is 30.8 Å². The quantitative estimate of drug-likeness (QED) is 0.604. The highest BCUT2D eigenvalue weighted by molar-refractivity contribution is 5.96. The predicted octanol–water partition coefficient (Wildman–Crippen LogP) is 3.22. The molecule has 0 unspecified atom stereocenters. The van der Waals surface area contributed by atoms with Crippen LogP contribution in [-0.2, 0) is 20.8 Å². The maximum atomic E-state index is 13.4. The van der Waals surface area contributed by atoms with Crippen LogP contribution in [0.3, 0.4) is 0 Å². The van der Waals surface area contributed by atoms with Crippen LogP contribution in [0.2, 0.25) is 0 Å². The molecule has 38 heavy (non-hydrogen) atoms. The summed E-state index contributed by atoms with van der Waals surface area (Å²) >= 11 is 0. The van der Waals surface area contributed by atoms with Crippen molar-refractivity contribution < 1.29 is 37.4 Å². The van der Waals surface area contributed by atoms with E-state index >= 15 is 0 Å². The van der Waals surface area contributed by atoms with E-state index in [1.54, 1.807) is 19.5 Å². The molecule has 9 nitrogen and oxygen atoms in total. The van der Waals surface area contributed by atoms with Crippen LogP contribution in [0.15, 0.2) is 48.8 Å². The molecule has 2 amide bonds. The molecular formula is C26H31F3N4O5. The summed E-state index contributed by atoms with van der Waals surface area (Å²) in [4.78, 5) is 43.7. The Morgan fingerprint density at radius 3 is 2.50 bits per heavy atom. The summed E-state index contributed by atoms with van der Waals surface area (Å²) in [6.45, 7) is 2.15. The van der Waals surface area contributed by atoms with E-state index in [0.29, 0.717) is 31.6 Å². The van der Waals surface area contributed by atoms with Gasteiger partial charge in [-0.25, -0.2) is 4.79 Å². The Bertz CT molecular complexity index is 1130. The molecule has 1 aromatic heterocycles. The number of hydrogen-bond donors (Lipinski definition) is 2. The van der Waals surface area contributed by atoms with Crippen LogP contribution >= 0.6 is 0 Å². The molecule has 0 aliphatic carbocycles. The van der Waals surface area contributed by atoms with Crippen molar-refractivity contribution in [3.63, 3.8) is 0 Å². The fourth-order valence-electron chi connectivity index (χ4n) is 5.02. The molecule has 2 aliphatic rings. The van der Waals surface area contributed by atoms with Gasteiger partial charge in [-0.3, -0.25) is 14.6 Å². The average molecular weight is 537 g/mol. The van der Waals surface area contributed by atoms with Gasteiger partial charge in [-0.1, -0.05) is 12.1 Å². The molecule has 206 valence electrons. The molecule has 2 aliphatic heterocycles. The predicted molar refractivity (Wildman–Crippen MR) is 133 cm³/mol. The van der Waals surface area contributed by atoms with Gasteiger partial charge < -0.3 is 25.0 Å². The molecule has 0 saturated carbocycles. The number of halogens is 3. The number of nitrogens with zero attached hydrogens (tertiary/aromatic N) is 3. The zero-order chi connectivity index (χ0) is 27.9. The van der Waals surface area contributed by atoms with Crippen molar-refractivity contribution in [1.82, 2.24) is 14.8 Å². The number of amides is 2. The number of carbonyl (C=O) groups excluding carboxylic acids is 2. The van der Waals surface area contributed by atoms with E-state index in [-0.39, 0.29) is 17.9 Å². The second-order valence-corrected chi connectivity index (χ2v) is 9.35. The minimum Gasteiger partial charge on any atom is -0.497 e. The summed E-state index contributed by atoms with van der Waals surface area (Å²) < 4.78 is 37.0. The number of anilines is 1. The van der Waals surface area contributed by atoms with Crippen LogP contribution in [0.25, 0.3) is 0 Å². The highest BCUT2D eigenvalue weighted by atomic mass is 19.4. The molecule has 2 fully saturated rings. The van der Waals surface area contributed by atoms with Crippen molar-refractivity contribution in [2.75, 3.05) is 39.1 Å². The first kappa shape index (κ1) is 28.9. The third-order valence-corrected chi connectivity index (χ3v) is 7.04. The zero-order valence-corrected chi connectivity index (χ0v) is 21.2. The highest BCUT2D eigenvalue weighted by Crippen LogP contribution is 2.44. The van der Waals surface area contributed by atoms with Crippen molar-refractivity contribution in [2.24, 2.45) is 5.41 Å². The molecule has 3 heterocycles. The highest BCUT2D eigenvalue weighted by Gasteiger charge is 2.52. The summed E-state index contributed by atoms with van der Waals surface area (Å²) in [6, 6.07) is 11.4. The SMILES string of the molecule is COc1cccc(CC(=O)N2CC[C@H]3N(C)CC[C@@]3(C(=O)Nc3cccnc3)CC2)c1.O=C(O)C(F)(F)F. The van der Waals surface area contributed by atoms with Crippen LogP contribution in [0.4, 0.5) is 18.9 Å². The van der Waals surface area contributed by atoms with Gasteiger partial charge in [-0.2, -0.15) is 13.2 Å². The molecule has 4 rings (SSSR count). The summed E-state index contributed by atoms with van der Waals surface area (Å²) in [5.41, 5.74) is 1.16. The molecule has 0 radical (unpaired) electrons. The number of aromatic nitrogens is 1. The monoisotopic (exact) mass is 536 g/mol. The molecule has 2 saturated heterocycles. The van der Waals surface area contributed by atoms with E-state index in [0.717, 1.165) is 30.7 Å². The minimum atomic E-state index is -5.08. The summed E-state index contributed by atoms with van der Waals surface area (Å²) in [5.74, 6) is -1.87. The van der Waals surface area contributed by atoms with Gasteiger partial charge in [0.25, 0.3) is 0 Å². The molecule has 0 bridgehead atoms. The Kier molecular flexibility index (Phi) is 9.31. The van der Waals surface area contributed by atoms with E-state index in [4.69, 9.17) is 14.6 Å². The van der Waals surface area contributed by atoms with Crippen LogP contribution in [0.5, 0.6) is 5.75 Å². The number of likely N-dealkylation sites (tertiary alicyclic amines) is 2. The van der Waals surface area contributed by atoms with Gasteiger partial charge in [-0.15, -0.1) is 0 Å². The molecule has 2 atom stereocenters. The normalized spacial score (nSPS) is 21.4. The zero-order valence-electron chi connectivity index (χ0n) is 21.2. The maximum Gasteiger partial charge on any atom is 0.490 e. The molecule has 2 aromatic rings. The van der Waals surface area contributed by atoms with Crippen molar-refractivity contribution in [3.8, 4) is 5.75 Å². The maximum absolute atomic E-state index is 13.4. The summed E-state index contributed by atoms with van der Waals surface area (Å²) in [7, 11) is 3.71. The first-order valence-corrected chi connectivity index (χ1v) is 12.1. The van der Waals surface area contributed by atoms with Crippen LogP contribution in [0, 0.1) is 5.41 Å². The number of carbonyl (C=O) groups is 3. The number of pyridine rings is 1. The Morgan fingerprint density at radius 1 is 1.16 bits per heavy atom. The van der Waals surface area contributed by atoms with Gasteiger partial charge in [0.2, 0.25) is 11.8 Å². The fourth-order valence-corrected chi connectivity index (χ4v) is 5.02. The largest absolute Gasteiger partial charge is 0.497 e. The van der Waals surface area contributed by atoms with Gasteiger partial charge in [0, 0.05) is 25.3 Å². The number of carboxylic acids is 1. The van der Waals surface area contributed by atoms with Crippen LogP contribution in [0.1, 0.15) is 24.8 Å². The topological polar surface area (TPSA) is 112 Å². The van der Waals surface area contributed by atoms with Crippen molar-refractivity contribution >= 4 is 23.5 Å². The standard InChI is InChI=1S/C24H30N4O3.C2HF3O2/c1-27-13-9-24(23(30)26-19-6-4-11-25-17-19)10-14-28(12-8-21(24)27)22(29)16-18-5-3-7-20(15-18)31-2;3-2(4,5)1(6)7/h3-7,11,15,17,21H,8-10,12-14,16H2,1-2H3,(H,26,30);(H,6,7)/t21-,24-;/m1./s1. The van der Waals surface area contributed by atoms with E-state index < -0.39 is 17.6 Å². The lowest BCUT2D eigenvalue weighted by molar-refractivity contribution is -0.192. The molecule has 0 spiro atoms. The Labute approximate surface area is 218 Å². The van der Waals surface area contributed by atoms with E-state index in [9.17, 15) is 22.8 Å². The van der Waals surface area contributed by atoms with Gasteiger partial charge in [0.15, 0.2) is 0 Å². The summed E-state index contributed by atoms with van der Waals surface area (Å²) in [5, 5.41) is 10.2. The van der Waals surface area contributed by atoms with Gasteiger partial charge in [-0.05, 0) is 62.7 Å². The molecule has 1 aromatic carbocycles. The number of fused-ring (bicyclic) bond motifs is 1. The van der Waals surface area contributed by atoms with Crippen LogP contribution in [-0.4, -0.2) is 83.7 Å². The van der Waals surface area contributed by atoms with Crippen molar-refractivity contribution in [2.45, 2.75) is 37.9 Å². The lowest BCUT2D eigenvalue weighted by atomic mass is 9.75. The van der Waals surface area contributed by atoms with E-state index in [1.807, 2.05) is 41.3 Å². The third-order valence-electron chi connectivity index (χ3n) is 7.04. The Morgan fingerprint density at radius 2 is 1.87 bits per heavy atom. The van der Waals surface area contributed by atoms with Gasteiger partial charge in [0.1, 0.15) is 5.75 Å². The second kappa shape index (κ2) is 12.2. The Balaban J connectivity index is 0.000000505. The number of carboxylic acid groups (broad SMARTS) is 1. The number of rotatable bonds is 5. The first-order valence-electron chi connectivity index (χ1n) is 12.1. The number of methoxy groups -OCH3 is 1. The minimum absolute atomic E-state index is 0.0388. The lowest BCUT2D eigenvalue weighted by Crippen LogP contribution is -2.46. The van der Waals surface area contributed by atoms with Crippen molar-refractivity contribution in [3.05, 3.63) is 54.4 Å². The van der Waals surface area contributed by atoms with Crippen molar-refractivity contribution in [1.29, 1.82) is 0 Å². The molecular weight excluding hydrogens is 505 g/mol. The van der Waals surface area contributed by atoms with Crippen LogP contribution < -0.4 is 10.1 Å². The van der Waals surface area contributed by atoms with E-state index in [1.165, 1.54) is 0 Å². The summed E-state index contributed by atoms with van der Waals surface area (Å²) in [6.07, 6.45) is 0.879. The smallest absolute Gasteiger partial charge is 0.490 e. The fraction of sp³-hybridized carbons (Fsp3) is 0.462. The number of ether oxygens (including phenoxy) is 1. The first-order chi connectivity index (χ1) is 18.0. The molecule has 12 heteroatoms. The number of hydrogen-bond acceptors (Lipinski definition) is 6. The Hall–Kier alpha value is -3.67. The average Bonchev–Trinajstić information content (AvgIpc) is 3.07. The van der Waals surface area contributed by atoms with E-state index in [2.05, 4.69) is 22.2 Å². The molecule has 2 N–H and O–H groups in total. The third kappa shape index (κ3) is 7.00. The number of nitrogens with one attached hydrogen (secondary N) is 1.